The molecule has 3 rings (SSSR count). The van der Waals surface area contributed by atoms with E-state index in [9.17, 15) is 14.4 Å². The van der Waals surface area contributed by atoms with Gasteiger partial charge >= 0.3 is 0 Å². The molecule has 124 valence electrons. The van der Waals surface area contributed by atoms with Crippen molar-refractivity contribution in [1.82, 2.24) is 16.2 Å². The Balaban J connectivity index is 1.43. The monoisotopic (exact) mass is 343 g/mol. The fourth-order valence-electron chi connectivity index (χ4n) is 2.53. The zero-order valence-electron chi connectivity index (χ0n) is 12.9. The van der Waals surface area contributed by atoms with Crippen LogP contribution in [0, 0.1) is 0 Å². The molecule has 0 unspecified atom stereocenters. The van der Waals surface area contributed by atoms with E-state index < -0.39 is 5.91 Å². The second-order valence-corrected chi connectivity index (χ2v) is 6.60. The van der Waals surface area contributed by atoms with Crippen LogP contribution in [0.2, 0.25) is 0 Å². The van der Waals surface area contributed by atoms with Crippen LogP contribution >= 0.6 is 11.3 Å². The van der Waals surface area contributed by atoms with Gasteiger partial charge in [-0.05, 0) is 43.0 Å². The van der Waals surface area contributed by atoms with Crippen molar-refractivity contribution in [3.8, 4) is 0 Å². The highest BCUT2D eigenvalue weighted by Crippen LogP contribution is 2.30. The van der Waals surface area contributed by atoms with Gasteiger partial charge in [0.25, 0.3) is 17.7 Å². The number of carbonyl (C=O) groups excluding carboxylic acids is 3. The lowest BCUT2D eigenvalue weighted by Crippen LogP contribution is -2.46. The summed E-state index contributed by atoms with van der Waals surface area (Å²) >= 11 is 1.46. The van der Waals surface area contributed by atoms with E-state index in [0.717, 1.165) is 19.3 Å². The standard InChI is InChI=1S/C17H17N3O3S/c21-15(10-18-16(22)11-5-2-1-3-6-11)19-20-17(23)14-9-12-7-4-8-13(12)24-14/h1-3,5-6,9H,4,7-8,10H2,(H,18,22)(H,19,21)(H,20,23). The summed E-state index contributed by atoms with van der Waals surface area (Å²) in [6.07, 6.45) is 3.17. The highest BCUT2D eigenvalue weighted by molar-refractivity contribution is 7.14. The van der Waals surface area contributed by atoms with Crippen LogP contribution in [0.4, 0.5) is 0 Å². The lowest BCUT2D eigenvalue weighted by molar-refractivity contribution is -0.120. The van der Waals surface area contributed by atoms with Gasteiger partial charge in [-0.25, -0.2) is 0 Å². The molecular weight excluding hydrogens is 326 g/mol. The van der Waals surface area contributed by atoms with Gasteiger partial charge in [0.15, 0.2) is 0 Å². The van der Waals surface area contributed by atoms with Gasteiger partial charge in [-0.3, -0.25) is 25.2 Å². The van der Waals surface area contributed by atoms with Gasteiger partial charge in [-0.15, -0.1) is 11.3 Å². The third-order valence-corrected chi connectivity index (χ3v) is 4.97. The molecule has 0 spiro atoms. The topological polar surface area (TPSA) is 87.3 Å². The van der Waals surface area contributed by atoms with E-state index in [4.69, 9.17) is 0 Å². The molecule has 0 radical (unpaired) electrons. The summed E-state index contributed by atoms with van der Waals surface area (Å²) in [5.41, 5.74) is 6.38. The second kappa shape index (κ2) is 7.27. The Kier molecular flexibility index (Phi) is 4.90. The number of aryl methyl sites for hydroxylation is 2. The SMILES string of the molecule is O=C(CNC(=O)c1ccccc1)NNC(=O)c1cc2c(s1)CCC2. The lowest BCUT2D eigenvalue weighted by Gasteiger charge is -2.07. The Morgan fingerprint density at radius 1 is 1.00 bits per heavy atom. The van der Waals surface area contributed by atoms with Crippen molar-refractivity contribution in [3.63, 3.8) is 0 Å². The predicted octanol–water partition coefficient (Wildman–Crippen LogP) is 1.43. The van der Waals surface area contributed by atoms with E-state index in [1.165, 1.54) is 21.8 Å². The minimum Gasteiger partial charge on any atom is -0.343 e. The van der Waals surface area contributed by atoms with Crippen LogP contribution in [0.5, 0.6) is 0 Å². The molecular formula is C17H17N3O3S. The lowest BCUT2D eigenvalue weighted by atomic mass is 10.2. The second-order valence-electron chi connectivity index (χ2n) is 5.46. The van der Waals surface area contributed by atoms with Gasteiger partial charge in [-0.2, -0.15) is 0 Å². The first kappa shape index (κ1) is 16.2. The number of amides is 3. The highest BCUT2D eigenvalue weighted by Gasteiger charge is 2.18. The quantitative estimate of drug-likeness (QED) is 0.734. The third-order valence-electron chi connectivity index (χ3n) is 3.73. The molecule has 1 aliphatic carbocycles. The number of benzene rings is 1. The van der Waals surface area contributed by atoms with E-state index in [1.807, 2.05) is 6.07 Å². The maximum atomic E-state index is 12.0. The summed E-state index contributed by atoms with van der Waals surface area (Å²) in [5, 5.41) is 2.49. The molecule has 0 saturated heterocycles. The zero-order valence-corrected chi connectivity index (χ0v) is 13.7. The number of rotatable bonds is 4. The largest absolute Gasteiger partial charge is 0.343 e. The molecule has 1 heterocycles. The fraction of sp³-hybridized carbons (Fsp3) is 0.235. The fourth-order valence-corrected chi connectivity index (χ4v) is 3.67. The number of carbonyl (C=O) groups is 3. The van der Waals surface area contributed by atoms with Crippen molar-refractivity contribution in [1.29, 1.82) is 0 Å². The van der Waals surface area contributed by atoms with E-state index in [2.05, 4.69) is 16.2 Å². The Hall–Kier alpha value is -2.67. The molecule has 3 amide bonds. The molecule has 24 heavy (non-hydrogen) atoms. The van der Waals surface area contributed by atoms with Crippen LogP contribution in [0.1, 0.15) is 36.9 Å². The minimum atomic E-state index is -0.489. The summed E-state index contributed by atoms with van der Waals surface area (Å²) in [4.78, 5) is 37.4. The van der Waals surface area contributed by atoms with Gasteiger partial charge in [0.1, 0.15) is 0 Å². The molecule has 1 aromatic carbocycles. The molecule has 1 aliphatic rings. The van der Waals surface area contributed by atoms with E-state index in [1.54, 1.807) is 30.3 Å². The Morgan fingerprint density at radius 2 is 1.79 bits per heavy atom. The summed E-state index contributed by atoms with van der Waals surface area (Å²) in [7, 11) is 0. The van der Waals surface area contributed by atoms with Crippen LogP contribution in [0.25, 0.3) is 0 Å². The first-order chi connectivity index (χ1) is 11.6. The number of fused-ring (bicyclic) bond motifs is 1. The molecule has 7 heteroatoms. The number of hydrazine groups is 1. The maximum Gasteiger partial charge on any atom is 0.279 e. The smallest absolute Gasteiger partial charge is 0.279 e. The van der Waals surface area contributed by atoms with Crippen molar-refractivity contribution in [2.24, 2.45) is 0 Å². The van der Waals surface area contributed by atoms with E-state index >= 15 is 0 Å². The molecule has 1 aromatic heterocycles. The van der Waals surface area contributed by atoms with Crippen LogP contribution in [-0.2, 0) is 17.6 Å². The molecule has 2 aromatic rings. The summed E-state index contributed by atoms with van der Waals surface area (Å²) < 4.78 is 0. The van der Waals surface area contributed by atoms with Crippen LogP contribution in [-0.4, -0.2) is 24.3 Å². The van der Waals surface area contributed by atoms with Crippen molar-refractivity contribution >= 4 is 29.1 Å². The van der Waals surface area contributed by atoms with Gasteiger partial charge in [0.05, 0.1) is 11.4 Å². The first-order valence-electron chi connectivity index (χ1n) is 7.67. The normalized spacial score (nSPS) is 12.3. The number of hydrogen-bond acceptors (Lipinski definition) is 4. The van der Waals surface area contributed by atoms with E-state index in [-0.39, 0.29) is 18.4 Å². The minimum absolute atomic E-state index is 0.213. The molecule has 3 N–H and O–H groups in total. The van der Waals surface area contributed by atoms with Crippen molar-refractivity contribution in [3.05, 3.63) is 57.3 Å². The number of hydrogen-bond donors (Lipinski definition) is 3. The number of thiophene rings is 1. The molecule has 0 fully saturated rings. The zero-order chi connectivity index (χ0) is 16.9. The highest BCUT2D eigenvalue weighted by atomic mass is 32.1. The molecule has 0 saturated carbocycles. The van der Waals surface area contributed by atoms with Crippen LogP contribution in [0.3, 0.4) is 0 Å². The molecule has 0 atom stereocenters. The predicted molar refractivity (Wildman–Crippen MR) is 90.7 cm³/mol. The molecule has 0 bridgehead atoms. The Bertz CT molecular complexity index is 749. The summed E-state index contributed by atoms with van der Waals surface area (Å²) in [6.45, 7) is -0.213. The van der Waals surface area contributed by atoms with Crippen molar-refractivity contribution in [2.75, 3.05) is 6.54 Å². The average molecular weight is 343 g/mol. The van der Waals surface area contributed by atoms with Crippen molar-refractivity contribution < 1.29 is 14.4 Å². The summed E-state index contributed by atoms with van der Waals surface area (Å²) in [6, 6.07) is 10.5. The third kappa shape index (κ3) is 3.80. The first-order valence-corrected chi connectivity index (χ1v) is 8.49. The summed E-state index contributed by atoms with van der Waals surface area (Å²) in [5.74, 6) is -1.17. The number of nitrogens with one attached hydrogen (secondary N) is 3. The maximum absolute atomic E-state index is 12.0. The Morgan fingerprint density at radius 3 is 2.54 bits per heavy atom. The molecule has 6 nitrogen and oxygen atoms in total. The van der Waals surface area contributed by atoms with Crippen LogP contribution in [0.15, 0.2) is 36.4 Å². The average Bonchev–Trinajstić information content (AvgIpc) is 3.20. The van der Waals surface area contributed by atoms with Gasteiger partial charge in [0, 0.05) is 10.4 Å². The molecule has 0 aliphatic heterocycles. The van der Waals surface area contributed by atoms with E-state index in [0.29, 0.717) is 10.4 Å². The van der Waals surface area contributed by atoms with Gasteiger partial charge in [0.2, 0.25) is 0 Å². The van der Waals surface area contributed by atoms with Crippen molar-refractivity contribution in [2.45, 2.75) is 19.3 Å². The van der Waals surface area contributed by atoms with Gasteiger partial charge in [-0.1, -0.05) is 18.2 Å². The van der Waals surface area contributed by atoms with Gasteiger partial charge < -0.3 is 5.32 Å². The Labute approximate surface area is 143 Å². The van der Waals surface area contributed by atoms with Crippen LogP contribution < -0.4 is 16.2 Å².